The number of nitrogens with zero attached hydrogens (tertiary/aromatic N) is 2. The van der Waals surface area contributed by atoms with E-state index in [-0.39, 0.29) is 11.9 Å². The number of ether oxygens (including phenoxy) is 1. The SMILES string of the molecule is CC1COC(c2nn(C)c(N)c2F)C1. The Hall–Kier alpha value is -1.10. The van der Waals surface area contributed by atoms with Crippen molar-refractivity contribution in [2.45, 2.75) is 19.4 Å². The zero-order valence-corrected chi connectivity index (χ0v) is 8.33. The van der Waals surface area contributed by atoms with Crippen LogP contribution in [0.25, 0.3) is 0 Å². The average Bonchev–Trinajstić information content (AvgIpc) is 2.66. The van der Waals surface area contributed by atoms with Gasteiger partial charge in [-0.1, -0.05) is 6.92 Å². The lowest BCUT2D eigenvalue weighted by Gasteiger charge is -2.04. The molecule has 0 amide bonds. The van der Waals surface area contributed by atoms with Crippen LogP contribution in [0.3, 0.4) is 0 Å². The van der Waals surface area contributed by atoms with Gasteiger partial charge in [-0.15, -0.1) is 0 Å². The maximum atomic E-state index is 13.5. The van der Waals surface area contributed by atoms with Crippen LogP contribution in [0.1, 0.15) is 25.1 Å². The van der Waals surface area contributed by atoms with E-state index in [9.17, 15) is 4.39 Å². The highest BCUT2D eigenvalue weighted by molar-refractivity contribution is 5.34. The summed E-state index contributed by atoms with van der Waals surface area (Å²) in [5.41, 5.74) is 5.82. The van der Waals surface area contributed by atoms with E-state index in [0.29, 0.717) is 18.2 Å². The number of hydrogen-bond donors (Lipinski definition) is 1. The Morgan fingerprint density at radius 1 is 1.64 bits per heavy atom. The third kappa shape index (κ3) is 1.37. The lowest BCUT2D eigenvalue weighted by Crippen LogP contribution is -2.00. The summed E-state index contributed by atoms with van der Waals surface area (Å²) in [6, 6.07) is 0. The summed E-state index contributed by atoms with van der Waals surface area (Å²) in [6.45, 7) is 2.74. The highest BCUT2D eigenvalue weighted by atomic mass is 19.1. The minimum atomic E-state index is -0.438. The fourth-order valence-electron chi connectivity index (χ4n) is 1.71. The molecule has 1 aliphatic heterocycles. The van der Waals surface area contributed by atoms with Crippen molar-refractivity contribution in [2.24, 2.45) is 13.0 Å². The van der Waals surface area contributed by atoms with Crippen LogP contribution in [-0.4, -0.2) is 16.4 Å². The molecule has 14 heavy (non-hydrogen) atoms. The van der Waals surface area contributed by atoms with Gasteiger partial charge in [0.05, 0.1) is 6.61 Å². The first-order chi connectivity index (χ1) is 6.59. The molecule has 1 saturated heterocycles. The molecule has 0 saturated carbocycles. The van der Waals surface area contributed by atoms with Gasteiger partial charge in [-0.3, -0.25) is 4.68 Å². The van der Waals surface area contributed by atoms with Crippen LogP contribution >= 0.6 is 0 Å². The van der Waals surface area contributed by atoms with Gasteiger partial charge in [-0.25, -0.2) is 4.39 Å². The molecular formula is C9H14FN3O. The molecule has 1 aromatic rings. The molecule has 2 rings (SSSR count). The molecular weight excluding hydrogens is 185 g/mol. The first kappa shape index (κ1) is 9.45. The number of nitrogen functional groups attached to an aromatic ring is 1. The number of hydrogen-bond acceptors (Lipinski definition) is 3. The molecule has 0 bridgehead atoms. The van der Waals surface area contributed by atoms with Gasteiger partial charge in [0.25, 0.3) is 0 Å². The van der Waals surface area contributed by atoms with E-state index in [1.165, 1.54) is 4.68 Å². The highest BCUT2D eigenvalue weighted by Gasteiger charge is 2.29. The van der Waals surface area contributed by atoms with E-state index in [0.717, 1.165) is 6.42 Å². The predicted octanol–water partition coefficient (Wildman–Crippen LogP) is 1.24. The Morgan fingerprint density at radius 3 is 2.79 bits per heavy atom. The van der Waals surface area contributed by atoms with E-state index in [4.69, 9.17) is 10.5 Å². The van der Waals surface area contributed by atoms with Crippen LogP contribution in [0.4, 0.5) is 10.2 Å². The normalized spacial score (nSPS) is 27.1. The maximum Gasteiger partial charge on any atom is 0.190 e. The van der Waals surface area contributed by atoms with Crippen molar-refractivity contribution in [3.05, 3.63) is 11.5 Å². The third-order valence-electron chi connectivity index (χ3n) is 2.56. The quantitative estimate of drug-likeness (QED) is 0.740. The van der Waals surface area contributed by atoms with Crippen LogP contribution in [-0.2, 0) is 11.8 Å². The zero-order chi connectivity index (χ0) is 10.3. The van der Waals surface area contributed by atoms with Crippen molar-refractivity contribution in [3.63, 3.8) is 0 Å². The lowest BCUT2D eigenvalue weighted by molar-refractivity contribution is 0.102. The van der Waals surface area contributed by atoms with E-state index in [1.807, 2.05) is 0 Å². The first-order valence-corrected chi connectivity index (χ1v) is 4.69. The number of aryl methyl sites for hydroxylation is 1. The van der Waals surface area contributed by atoms with E-state index >= 15 is 0 Å². The Balaban J connectivity index is 2.28. The number of rotatable bonds is 1. The van der Waals surface area contributed by atoms with Crippen molar-refractivity contribution >= 4 is 5.82 Å². The van der Waals surface area contributed by atoms with Gasteiger partial charge in [0, 0.05) is 7.05 Å². The Bertz CT molecular complexity index is 350. The molecule has 2 unspecified atom stereocenters. The number of nitrogens with two attached hydrogens (primary N) is 1. The summed E-state index contributed by atoms with van der Waals surface area (Å²) in [4.78, 5) is 0. The summed E-state index contributed by atoms with van der Waals surface area (Å²) in [7, 11) is 1.63. The summed E-state index contributed by atoms with van der Waals surface area (Å²) >= 11 is 0. The molecule has 2 heterocycles. The number of anilines is 1. The summed E-state index contributed by atoms with van der Waals surface area (Å²) < 4.78 is 20.3. The van der Waals surface area contributed by atoms with Gasteiger partial charge in [-0.05, 0) is 12.3 Å². The van der Waals surface area contributed by atoms with Crippen LogP contribution < -0.4 is 5.73 Å². The minimum Gasteiger partial charge on any atom is -0.381 e. The van der Waals surface area contributed by atoms with E-state index in [2.05, 4.69) is 12.0 Å². The van der Waals surface area contributed by atoms with Gasteiger partial charge in [0.1, 0.15) is 11.8 Å². The molecule has 2 atom stereocenters. The Labute approximate surface area is 81.8 Å². The lowest BCUT2D eigenvalue weighted by atomic mass is 10.1. The smallest absolute Gasteiger partial charge is 0.190 e. The second kappa shape index (κ2) is 3.24. The van der Waals surface area contributed by atoms with Crippen LogP contribution in [0.5, 0.6) is 0 Å². The molecule has 4 nitrogen and oxygen atoms in total. The minimum absolute atomic E-state index is 0.0724. The zero-order valence-electron chi connectivity index (χ0n) is 8.33. The highest BCUT2D eigenvalue weighted by Crippen LogP contribution is 2.33. The van der Waals surface area contributed by atoms with Crippen LogP contribution in [0.15, 0.2) is 0 Å². The maximum absolute atomic E-state index is 13.5. The van der Waals surface area contributed by atoms with E-state index < -0.39 is 5.82 Å². The molecule has 2 N–H and O–H groups in total. The van der Waals surface area contributed by atoms with Gasteiger partial charge in [0.2, 0.25) is 0 Å². The van der Waals surface area contributed by atoms with Gasteiger partial charge < -0.3 is 10.5 Å². The molecule has 0 spiro atoms. The summed E-state index contributed by atoms with van der Waals surface area (Å²) in [5.74, 6) is 0.0948. The molecule has 1 aliphatic rings. The van der Waals surface area contributed by atoms with Crippen LogP contribution in [0.2, 0.25) is 0 Å². The Morgan fingerprint density at radius 2 is 2.36 bits per heavy atom. The average molecular weight is 199 g/mol. The topological polar surface area (TPSA) is 53.1 Å². The summed E-state index contributed by atoms with van der Waals surface area (Å²) in [5, 5.41) is 4.02. The van der Waals surface area contributed by atoms with Crippen molar-refractivity contribution in [1.29, 1.82) is 0 Å². The predicted molar refractivity (Wildman–Crippen MR) is 50.1 cm³/mol. The molecule has 1 fully saturated rings. The fourth-order valence-corrected chi connectivity index (χ4v) is 1.71. The molecule has 1 aromatic heterocycles. The van der Waals surface area contributed by atoms with Crippen molar-refractivity contribution in [2.75, 3.05) is 12.3 Å². The standard InChI is InChI=1S/C9H14FN3O/c1-5-3-6(14-4-5)8-7(10)9(11)13(2)12-8/h5-6H,3-4,11H2,1-2H3. The van der Waals surface area contributed by atoms with Crippen LogP contribution in [0, 0.1) is 11.7 Å². The third-order valence-corrected chi connectivity index (χ3v) is 2.56. The van der Waals surface area contributed by atoms with E-state index in [1.54, 1.807) is 7.05 Å². The van der Waals surface area contributed by atoms with Crippen molar-refractivity contribution in [3.8, 4) is 0 Å². The van der Waals surface area contributed by atoms with Gasteiger partial charge in [0.15, 0.2) is 11.6 Å². The second-order valence-corrected chi connectivity index (χ2v) is 3.87. The monoisotopic (exact) mass is 199 g/mol. The first-order valence-electron chi connectivity index (χ1n) is 4.69. The number of aromatic nitrogens is 2. The van der Waals surface area contributed by atoms with Gasteiger partial charge >= 0.3 is 0 Å². The second-order valence-electron chi connectivity index (χ2n) is 3.87. The molecule has 78 valence electrons. The summed E-state index contributed by atoms with van der Waals surface area (Å²) in [6.07, 6.45) is 0.585. The fraction of sp³-hybridized carbons (Fsp3) is 0.667. The van der Waals surface area contributed by atoms with Gasteiger partial charge in [-0.2, -0.15) is 5.10 Å². The van der Waals surface area contributed by atoms with Crippen molar-refractivity contribution < 1.29 is 9.13 Å². The number of halogens is 1. The largest absolute Gasteiger partial charge is 0.381 e. The molecule has 0 radical (unpaired) electrons. The molecule has 0 aliphatic carbocycles. The molecule has 0 aromatic carbocycles. The Kier molecular flexibility index (Phi) is 2.19. The van der Waals surface area contributed by atoms with Crippen molar-refractivity contribution in [1.82, 2.24) is 9.78 Å². The molecule has 5 heteroatoms.